The number of amides is 28. The molecule has 8 heterocycles. The predicted octanol–water partition coefficient (Wildman–Crippen LogP) is -14.6. The Morgan fingerprint density at radius 3 is 0.468 bits per heavy atom. The van der Waals surface area contributed by atoms with Crippen LogP contribution in [0.25, 0.3) is 0 Å². The van der Waals surface area contributed by atoms with E-state index in [2.05, 4.69) is 63.8 Å². The van der Waals surface area contributed by atoms with E-state index in [4.69, 9.17) is 0 Å². The molecule has 8 rings (SSSR count). The highest BCUT2D eigenvalue weighted by Gasteiger charge is 2.36. The summed E-state index contributed by atoms with van der Waals surface area (Å²) in [4.78, 5) is 376. The third-order valence-electron chi connectivity index (χ3n) is 18.7. The number of imide groups is 8. The fraction of sp³-hybridized carbons (Fsp3) is 0.405. The van der Waals surface area contributed by atoms with Crippen LogP contribution in [0.15, 0.2) is 97.2 Å². The van der Waals surface area contributed by atoms with E-state index >= 15 is 0 Å². The molecule has 0 aromatic heterocycles. The molecule has 0 aliphatic carbocycles. The highest BCUT2D eigenvalue weighted by molar-refractivity contribution is 6.17. The second kappa shape index (κ2) is 45.1. The molecule has 0 radical (unpaired) electrons. The van der Waals surface area contributed by atoms with Crippen molar-refractivity contribution in [2.75, 3.05) is 144 Å². The average molecular weight is 1730 g/mol. The van der Waals surface area contributed by atoms with Gasteiger partial charge in [0.25, 0.3) is 94.5 Å². The van der Waals surface area contributed by atoms with Gasteiger partial charge in [-0.3, -0.25) is 183 Å². The average Bonchev–Trinajstić information content (AvgIpc) is 1.87. The lowest BCUT2D eigenvalue weighted by molar-refractivity contribution is -0.138. The highest BCUT2D eigenvalue weighted by Crippen LogP contribution is 2.12. The molecule has 50 heteroatoms. The first-order valence-corrected chi connectivity index (χ1v) is 38.1. The minimum atomic E-state index is -1.95. The molecule has 658 valence electrons. The van der Waals surface area contributed by atoms with E-state index in [1.165, 1.54) is 0 Å². The van der Waals surface area contributed by atoms with Crippen LogP contribution in [-0.2, 0) is 134 Å². The van der Waals surface area contributed by atoms with E-state index in [1.54, 1.807) is 0 Å². The van der Waals surface area contributed by atoms with Crippen LogP contribution in [0.2, 0.25) is 0 Å². The van der Waals surface area contributed by atoms with Crippen LogP contribution < -0.4 is 63.8 Å². The fourth-order valence-corrected chi connectivity index (χ4v) is 12.4. The Balaban J connectivity index is 1.11. The second-order valence-corrected chi connectivity index (χ2v) is 27.6. The van der Waals surface area contributed by atoms with Gasteiger partial charge in [-0.2, -0.15) is 0 Å². The van der Waals surface area contributed by atoms with Gasteiger partial charge in [-0.1, -0.05) is 0 Å². The van der Waals surface area contributed by atoms with Gasteiger partial charge < -0.3 is 63.8 Å². The number of hydrogen-bond donors (Lipinski definition) is 12. The summed E-state index contributed by atoms with van der Waals surface area (Å²) < 4.78 is 0. The summed E-state index contributed by atoms with van der Waals surface area (Å²) >= 11 is 0. The van der Waals surface area contributed by atoms with Crippen LogP contribution >= 0.6 is 0 Å². The molecule has 0 aromatic carbocycles. The van der Waals surface area contributed by atoms with E-state index in [0.29, 0.717) is 0 Å². The van der Waals surface area contributed by atoms with E-state index in [1.807, 2.05) is 0 Å². The molecule has 50 nitrogen and oxygen atoms in total. The summed E-state index contributed by atoms with van der Waals surface area (Å²) in [6.07, 6.45) is 11.4. The van der Waals surface area contributed by atoms with Crippen LogP contribution in [0, 0.1) is 0 Å². The Morgan fingerprint density at radius 2 is 0.331 bits per heavy atom. The molecule has 4 atom stereocenters. The number of carbonyl (C=O) groups is 28. The first-order valence-electron chi connectivity index (χ1n) is 38.1. The number of rotatable bonds is 51. The maximum Gasteiger partial charge on any atom is 0.253 e. The second-order valence-electron chi connectivity index (χ2n) is 27.6. The highest BCUT2D eigenvalue weighted by atomic mass is 16.2. The van der Waals surface area contributed by atoms with Crippen LogP contribution in [0.4, 0.5) is 0 Å². The third-order valence-corrected chi connectivity index (χ3v) is 18.7. The van der Waals surface area contributed by atoms with Gasteiger partial charge in [0.15, 0.2) is 0 Å². The van der Waals surface area contributed by atoms with Gasteiger partial charge in [0.2, 0.25) is 70.9 Å². The van der Waals surface area contributed by atoms with Gasteiger partial charge in [0, 0.05) is 215 Å². The Kier molecular flexibility index (Phi) is 34.2. The summed E-state index contributed by atoms with van der Waals surface area (Å²) in [5, 5.41) is 28.4. The normalized spacial score (nSPS) is 16.7. The van der Waals surface area contributed by atoms with Crippen LogP contribution in [0.1, 0.15) is 25.7 Å². The Labute approximate surface area is 701 Å². The topological polar surface area (TPSA) is 655 Å². The quantitative estimate of drug-likeness (QED) is 0.0252. The van der Waals surface area contributed by atoms with Crippen molar-refractivity contribution < 1.29 is 134 Å². The Bertz CT molecular complexity index is 4020. The molecule has 0 saturated heterocycles. The number of nitrogens with one attached hydrogen (secondary N) is 12. The number of hydrogen-bond acceptors (Lipinski definition) is 30. The monoisotopic (exact) mass is 1730 g/mol. The summed E-state index contributed by atoms with van der Waals surface area (Å²) in [6.45, 7) is -13.0. The zero-order chi connectivity index (χ0) is 90.4. The molecule has 0 spiro atoms. The molecule has 8 aliphatic heterocycles. The van der Waals surface area contributed by atoms with Gasteiger partial charge >= 0.3 is 0 Å². The number of carbonyl (C=O) groups excluding carboxylic acids is 28. The van der Waals surface area contributed by atoms with Crippen molar-refractivity contribution in [1.82, 2.24) is 113 Å². The lowest BCUT2D eigenvalue weighted by Crippen LogP contribution is -2.56. The fourth-order valence-electron chi connectivity index (χ4n) is 12.4. The summed E-state index contributed by atoms with van der Waals surface area (Å²) in [7, 11) is 0. The minimum absolute atomic E-state index is 0.383. The van der Waals surface area contributed by atoms with Crippen LogP contribution in [0.3, 0.4) is 0 Å². The van der Waals surface area contributed by atoms with Gasteiger partial charge in [-0.15, -0.1) is 0 Å². The first-order chi connectivity index (χ1) is 59.0. The van der Waals surface area contributed by atoms with E-state index in [0.717, 1.165) is 146 Å². The van der Waals surface area contributed by atoms with E-state index in [-0.39, 0.29) is 26.2 Å². The SMILES string of the molecule is O=C(CC(NC(=O)CN(CCN(CC(=O)NC(CC(=O)NCCN1C(=O)C=CC1=O)C(=O)NCCN1C(=O)C=CC1=O)CC(=O)NC(CC(=O)NCCN1C(=O)C=CC1=O)C(=O)NCCN1C(=O)C=CC1=O)CC(=O)NC(CC(=O)NCCN1C(=O)C=CC1=O)C(=O)NCCN1C(=O)C=CC1=O)C(=O)NCCN1C(=O)C=CC1=O)NCCN1C(=O)C=CC1=O. The first kappa shape index (κ1) is 94.1. The van der Waals surface area contributed by atoms with Gasteiger partial charge in [0.1, 0.15) is 24.2 Å². The molecule has 0 saturated carbocycles. The maximum absolute atomic E-state index is 14.7. The summed E-state index contributed by atoms with van der Waals surface area (Å²) in [5.74, 6) is -25.7. The van der Waals surface area contributed by atoms with Crippen LogP contribution in [-0.4, -0.2) is 383 Å². The zero-order valence-electron chi connectivity index (χ0n) is 65.8. The summed E-state index contributed by atoms with van der Waals surface area (Å²) in [6, 6.07) is -7.80. The third kappa shape index (κ3) is 28.1. The van der Waals surface area contributed by atoms with Crippen molar-refractivity contribution in [2.45, 2.75) is 49.9 Å². The number of nitrogens with zero attached hydrogens (tertiary/aromatic N) is 10. The molecule has 12 N–H and O–H groups in total. The molecule has 8 aliphatic rings. The Morgan fingerprint density at radius 1 is 0.202 bits per heavy atom. The van der Waals surface area contributed by atoms with Gasteiger partial charge in [0.05, 0.1) is 51.9 Å². The van der Waals surface area contributed by atoms with E-state index in [9.17, 15) is 134 Å². The van der Waals surface area contributed by atoms with E-state index < -0.39 is 333 Å². The molecular formula is C74H84N22O28. The minimum Gasteiger partial charge on any atom is -0.354 e. The van der Waals surface area contributed by atoms with Crippen molar-refractivity contribution in [3.05, 3.63) is 97.2 Å². The molecule has 0 fully saturated rings. The molecular weight excluding hydrogens is 1640 g/mol. The van der Waals surface area contributed by atoms with Crippen molar-refractivity contribution in [3.8, 4) is 0 Å². The van der Waals surface area contributed by atoms with Gasteiger partial charge in [-0.25, -0.2) is 0 Å². The molecule has 0 bridgehead atoms. The lowest BCUT2D eigenvalue weighted by Gasteiger charge is -2.29. The van der Waals surface area contributed by atoms with Crippen molar-refractivity contribution in [2.24, 2.45) is 0 Å². The molecule has 28 amide bonds. The van der Waals surface area contributed by atoms with Crippen molar-refractivity contribution in [1.29, 1.82) is 0 Å². The molecule has 4 unspecified atom stereocenters. The standard InChI is InChI=1S/C74H84N22O28/c97-47(75-17-25-89-55(105)1-2-56(89)106)35-43(71(121)79-21-29-93-63(113)9-10-64(93)114)83-51(101)39-87(40-52(102)84-44(72(122)80-22-30-94-65(115)11-12-66(94)116)36-48(98)76-18-26-90-57(107)3-4-58(90)108)33-34-88(41-53(103)85-45(73(123)81-23-31-95-67(117)13-14-68(95)118)37-49(99)77-19-27-91-59(109)5-6-60(91)110)42-54(104)86-46(74(124)82-24-32-96-69(119)15-16-70(96)120)38-50(100)78-20-28-92-61(111)7-8-62(92)112/h1-16,43-46H,17-42H2,(H,75,97)(H,76,98)(H,77,99)(H,78,100)(H,79,121)(H,80,122)(H,81,123)(H,82,124)(H,83,101)(H,84,102)(H,85,103)(H,86,104). The van der Waals surface area contributed by atoms with Crippen molar-refractivity contribution >= 4 is 165 Å². The largest absolute Gasteiger partial charge is 0.354 e. The smallest absolute Gasteiger partial charge is 0.253 e. The molecule has 0 aromatic rings. The Hall–Kier alpha value is -15.4. The maximum atomic E-state index is 14.7. The summed E-state index contributed by atoms with van der Waals surface area (Å²) in [5.41, 5.74) is 0. The zero-order valence-corrected chi connectivity index (χ0v) is 65.8. The van der Waals surface area contributed by atoms with Gasteiger partial charge in [-0.05, 0) is 0 Å². The van der Waals surface area contributed by atoms with Crippen molar-refractivity contribution in [3.63, 3.8) is 0 Å². The molecule has 124 heavy (non-hydrogen) atoms. The van der Waals surface area contributed by atoms with Crippen LogP contribution in [0.5, 0.6) is 0 Å². The lowest BCUT2D eigenvalue weighted by atomic mass is 10.1. The predicted molar refractivity (Wildman–Crippen MR) is 410 cm³/mol.